The van der Waals surface area contributed by atoms with Gasteiger partial charge in [0.05, 0.1) is 5.75 Å². The minimum Gasteiger partial charge on any atom is -0.215 e. The highest BCUT2D eigenvalue weighted by Crippen LogP contribution is 2.16. The van der Waals surface area contributed by atoms with E-state index in [0.29, 0.717) is 28.6 Å². The molecule has 0 radical (unpaired) electrons. The van der Waals surface area contributed by atoms with Gasteiger partial charge in [0.1, 0.15) is 0 Å². The standard InChI is InChI=1S/C16H17Cl2NO2S/c17-15-8-3-5-13(11-15)12-22(20,21)19-10-4-7-14-6-1-2-9-16(14)18/h1-3,5-6,8-9,11,19H,4,7,10,12H2. The van der Waals surface area contributed by atoms with Crippen molar-refractivity contribution >= 4 is 33.2 Å². The molecule has 1 N–H and O–H groups in total. The summed E-state index contributed by atoms with van der Waals surface area (Å²) in [4.78, 5) is 0. The molecule has 2 aromatic rings. The molecule has 118 valence electrons. The van der Waals surface area contributed by atoms with Gasteiger partial charge in [-0.25, -0.2) is 13.1 Å². The second kappa shape index (κ2) is 7.97. The largest absolute Gasteiger partial charge is 0.215 e. The lowest BCUT2D eigenvalue weighted by atomic mass is 10.1. The van der Waals surface area contributed by atoms with Crippen LogP contribution < -0.4 is 4.72 Å². The first kappa shape index (κ1) is 17.3. The van der Waals surface area contributed by atoms with Crippen molar-refractivity contribution in [2.75, 3.05) is 6.54 Å². The molecule has 0 saturated heterocycles. The topological polar surface area (TPSA) is 46.2 Å². The van der Waals surface area contributed by atoms with E-state index >= 15 is 0 Å². The molecule has 0 saturated carbocycles. The summed E-state index contributed by atoms with van der Waals surface area (Å²) in [6.07, 6.45) is 1.43. The van der Waals surface area contributed by atoms with Gasteiger partial charge in [-0.2, -0.15) is 0 Å². The summed E-state index contributed by atoms with van der Waals surface area (Å²) < 4.78 is 26.6. The van der Waals surface area contributed by atoms with Gasteiger partial charge >= 0.3 is 0 Å². The predicted molar refractivity (Wildman–Crippen MR) is 91.9 cm³/mol. The van der Waals surface area contributed by atoms with Crippen LogP contribution in [0.3, 0.4) is 0 Å². The van der Waals surface area contributed by atoms with Crippen LogP contribution >= 0.6 is 23.2 Å². The molecule has 0 heterocycles. The van der Waals surface area contributed by atoms with Crippen molar-refractivity contribution in [1.29, 1.82) is 0 Å². The Morgan fingerprint density at radius 1 is 1.00 bits per heavy atom. The third-order valence-electron chi connectivity index (χ3n) is 3.15. The van der Waals surface area contributed by atoms with Gasteiger partial charge in [-0.1, -0.05) is 53.5 Å². The number of nitrogens with one attached hydrogen (secondary N) is 1. The van der Waals surface area contributed by atoms with E-state index in [1.54, 1.807) is 24.3 Å². The zero-order valence-corrected chi connectivity index (χ0v) is 14.3. The zero-order chi connectivity index (χ0) is 16.0. The first-order valence-electron chi connectivity index (χ1n) is 6.91. The van der Waals surface area contributed by atoms with Crippen LogP contribution in [0.2, 0.25) is 10.0 Å². The van der Waals surface area contributed by atoms with Gasteiger partial charge in [0.25, 0.3) is 0 Å². The molecule has 2 aromatic carbocycles. The molecule has 0 atom stereocenters. The minimum absolute atomic E-state index is 0.0698. The molecule has 22 heavy (non-hydrogen) atoms. The Balaban J connectivity index is 1.82. The van der Waals surface area contributed by atoms with Crippen LogP contribution in [0, 0.1) is 0 Å². The minimum atomic E-state index is -3.36. The molecule has 3 nitrogen and oxygen atoms in total. The Hall–Kier alpha value is -1.07. The molecule has 6 heteroatoms. The van der Waals surface area contributed by atoms with Crippen molar-refractivity contribution in [3.8, 4) is 0 Å². The molecule has 0 spiro atoms. The third kappa shape index (κ3) is 5.61. The number of hydrogen-bond donors (Lipinski definition) is 1. The fraction of sp³-hybridized carbons (Fsp3) is 0.250. The average Bonchev–Trinajstić information content (AvgIpc) is 2.45. The molecule has 0 aliphatic rings. The molecule has 0 amide bonds. The van der Waals surface area contributed by atoms with Gasteiger partial charge in [-0.15, -0.1) is 0 Å². The van der Waals surface area contributed by atoms with Gasteiger partial charge in [0.2, 0.25) is 10.0 Å². The molecule has 0 aliphatic carbocycles. The molecular formula is C16H17Cl2NO2S. The smallest absolute Gasteiger partial charge is 0.215 e. The SMILES string of the molecule is O=S(=O)(Cc1cccc(Cl)c1)NCCCc1ccccc1Cl. The molecular weight excluding hydrogens is 341 g/mol. The lowest BCUT2D eigenvalue weighted by Gasteiger charge is -2.08. The number of benzene rings is 2. The van der Waals surface area contributed by atoms with Crippen LogP contribution in [0.25, 0.3) is 0 Å². The average molecular weight is 358 g/mol. The van der Waals surface area contributed by atoms with E-state index in [-0.39, 0.29) is 5.75 Å². The van der Waals surface area contributed by atoms with Gasteiger partial charge in [-0.05, 0) is 42.2 Å². The molecule has 0 aliphatic heterocycles. The van der Waals surface area contributed by atoms with Crippen molar-refractivity contribution < 1.29 is 8.42 Å². The van der Waals surface area contributed by atoms with Crippen LogP contribution in [0.15, 0.2) is 48.5 Å². The summed E-state index contributed by atoms with van der Waals surface area (Å²) in [7, 11) is -3.36. The van der Waals surface area contributed by atoms with E-state index in [0.717, 1.165) is 12.0 Å². The normalized spacial score (nSPS) is 11.5. The van der Waals surface area contributed by atoms with Crippen LogP contribution in [0.5, 0.6) is 0 Å². The highest BCUT2D eigenvalue weighted by Gasteiger charge is 2.11. The molecule has 2 rings (SSSR count). The summed E-state index contributed by atoms with van der Waals surface area (Å²) in [6.45, 7) is 0.383. The van der Waals surface area contributed by atoms with Crippen LogP contribution in [-0.2, 0) is 22.2 Å². The Bertz CT molecular complexity index is 732. The fourth-order valence-corrected chi connectivity index (χ4v) is 3.72. The van der Waals surface area contributed by atoms with Crippen molar-refractivity contribution in [2.24, 2.45) is 0 Å². The molecule has 0 aromatic heterocycles. The van der Waals surface area contributed by atoms with Crippen molar-refractivity contribution in [3.05, 3.63) is 69.7 Å². The fourth-order valence-electron chi connectivity index (χ4n) is 2.10. The number of aryl methyl sites for hydroxylation is 1. The first-order chi connectivity index (χ1) is 10.5. The zero-order valence-electron chi connectivity index (χ0n) is 11.9. The van der Waals surface area contributed by atoms with E-state index in [1.807, 2.05) is 24.3 Å². The third-order valence-corrected chi connectivity index (χ3v) is 5.11. The maximum atomic E-state index is 12.0. The van der Waals surface area contributed by atoms with E-state index < -0.39 is 10.0 Å². The van der Waals surface area contributed by atoms with E-state index in [9.17, 15) is 8.42 Å². The van der Waals surface area contributed by atoms with E-state index in [2.05, 4.69) is 4.72 Å². The number of rotatable bonds is 7. The summed E-state index contributed by atoms with van der Waals surface area (Å²) >= 11 is 11.9. The predicted octanol–water partition coefficient (Wildman–Crippen LogP) is 4.05. The second-order valence-electron chi connectivity index (χ2n) is 4.98. The Kier molecular flexibility index (Phi) is 6.26. The maximum Gasteiger partial charge on any atom is 0.215 e. The Morgan fingerprint density at radius 2 is 1.77 bits per heavy atom. The second-order valence-corrected chi connectivity index (χ2v) is 7.63. The van der Waals surface area contributed by atoms with Crippen molar-refractivity contribution in [1.82, 2.24) is 4.72 Å². The van der Waals surface area contributed by atoms with E-state index in [1.165, 1.54) is 0 Å². The van der Waals surface area contributed by atoms with Gasteiger partial charge in [-0.3, -0.25) is 0 Å². The monoisotopic (exact) mass is 357 g/mol. The van der Waals surface area contributed by atoms with Crippen molar-refractivity contribution in [3.63, 3.8) is 0 Å². The Labute approximate surface area is 141 Å². The van der Waals surface area contributed by atoms with Crippen LogP contribution in [-0.4, -0.2) is 15.0 Å². The highest BCUT2D eigenvalue weighted by molar-refractivity contribution is 7.88. The quantitative estimate of drug-likeness (QED) is 0.759. The van der Waals surface area contributed by atoms with Gasteiger partial charge in [0.15, 0.2) is 0 Å². The first-order valence-corrected chi connectivity index (χ1v) is 9.32. The molecule has 0 unspecified atom stereocenters. The van der Waals surface area contributed by atoms with E-state index in [4.69, 9.17) is 23.2 Å². The van der Waals surface area contributed by atoms with Crippen LogP contribution in [0.4, 0.5) is 0 Å². The highest BCUT2D eigenvalue weighted by atomic mass is 35.5. The summed E-state index contributed by atoms with van der Waals surface area (Å²) in [6, 6.07) is 14.4. The number of halogens is 2. The lowest BCUT2D eigenvalue weighted by Crippen LogP contribution is -2.26. The summed E-state index contributed by atoms with van der Waals surface area (Å²) in [5.41, 5.74) is 1.70. The lowest BCUT2D eigenvalue weighted by molar-refractivity contribution is 0.578. The summed E-state index contributed by atoms with van der Waals surface area (Å²) in [5, 5.41) is 1.25. The van der Waals surface area contributed by atoms with Crippen molar-refractivity contribution in [2.45, 2.75) is 18.6 Å². The van der Waals surface area contributed by atoms with Crippen LogP contribution in [0.1, 0.15) is 17.5 Å². The van der Waals surface area contributed by atoms with Gasteiger partial charge < -0.3 is 0 Å². The Morgan fingerprint density at radius 3 is 2.50 bits per heavy atom. The molecule has 0 bridgehead atoms. The number of hydrogen-bond acceptors (Lipinski definition) is 2. The van der Waals surface area contributed by atoms with Gasteiger partial charge in [0, 0.05) is 16.6 Å². The molecule has 0 fully saturated rings. The maximum absolute atomic E-state index is 12.0. The number of sulfonamides is 1. The summed E-state index contributed by atoms with van der Waals surface area (Å²) in [5.74, 6) is -0.0698.